The van der Waals surface area contributed by atoms with E-state index >= 15 is 0 Å². The number of ether oxygens (including phenoxy) is 1. The molecule has 2 N–H and O–H groups in total. The van der Waals surface area contributed by atoms with Gasteiger partial charge in [-0.2, -0.15) is 0 Å². The zero-order valence-corrected chi connectivity index (χ0v) is 9.74. The fourth-order valence-electron chi connectivity index (χ4n) is 2.21. The summed E-state index contributed by atoms with van der Waals surface area (Å²) in [6.07, 6.45) is 1.98. The minimum atomic E-state index is -0.275. The Morgan fingerprint density at radius 1 is 1.44 bits per heavy atom. The molecule has 1 fully saturated rings. The quantitative estimate of drug-likeness (QED) is 0.836. The highest BCUT2D eigenvalue weighted by molar-refractivity contribution is 5.23. The lowest BCUT2D eigenvalue weighted by atomic mass is 9.88. The molecule has 16 heavy (non-hydrogen) atoms. The van der Waals surface area contributed by atoms with E-state index in [0.29, 0.717) is 5.75 Å². The van der Waals surface area contributed by atoms with Gasteiger partial charge in [-0.3, -0.25) is 0 Å². The second-order valence-corrected chi connectivity index (χ2v) is 5.17. The smallest absolute Gasteiger partial charge is 0.126 e. The average Bonchev–Trinajstić information content (AvgIpc) is 2.45. The van der Waals surface area contributed by atoms with Crippen LogP contribution in [0.3, 0.4) is 0 Å². The molecule has 0 amide bonds. The summed E-state index contributed by atoms with van der Waals surface area (Å²) in [6.45, 7) is 4.29. The minimum Gasteiger partial charge on any atom is -0.489 e. The lowest BCUT2D eigenvalue weighted by molar-refractivity contribution is 0.164. The Hall–Kier alpha value is -1.09. The lowest BCUT2D eigenvalue weighted by Gasteiger charge is -2.26. The highest BCUT2D eigenvalue weighted by Crippen LogP contribution is 2.38. The standard InChI is InChI=1S/C13H18FNO/c1-13(2)7-6-11(12(13)15)16-10-5-3-4-9(14)8-10/h3-5,8,11-12H,6-7,15H2,1-2H3. The van der Waals surface area contributed by atoms with Crippen LogP contribution in [-0.4, -0.2) is 12.1 Å². The average molecular weight is 223 g/mol. The fourth-order valence-corrected chi connectivity index (χ4v) is 2.21. The van der Waals surface area contributed by atoms with E-state index in [4.69, 9.17) is 10.5 Å². The summed E-state index contributed by atoms with van der Waals surface area (Å²) in [5, 5.41) is 0. The molecule has 1 saturated carbocycles. The normalized spacial score (nSPS) is 28.0. The van der Waals surface area contributed by atoms with Gasteiger partial charge in [-0.1, -0.05) is 19.9 Å². The van der Waals surface area contributed by atoms with E-state index in [9.17, 15) is 4.39 Å². The van der Waals surface area contributed by atoms with Gasteiger partial charge < -0.3 is 10.5 Å². The summed E-state index contributed by atoms with van der Waals surface area (Å²) in [4.78, 5) is 0. The lowest BCUT2D eigenvalue weighted by Crippen LogP contribution is -2.42. The number of rotatable bonds is 2. The van der Waals surface area contributed by atoms with Gasteiger partial charge in [0.25, 0.3) is 0 Å². The maximum Gasteiger partial charge on any atom is 0.126 e. The SMILES string of the molecule is CC1(C)CCC(Oc2cccc(F)c2)C1N. The number of nitrogens with two attached hydrogens (primary N) is 1. The molecule has 0 saturated heterocycles. The van der Waals surface area contributed by atoms with Crippen molar-refractivity contribution in [1.82, 2.24) is 0 Å². The van der Waals surface area contributed by atoms with Crippen molar-refractivity contribution in [3.63, 3.8) is 0 Å². The Kier molecular flexibility index (Phi) is 2.89. The zero-order valence-electron chi connectivity index (χ0n) is 9.74. The first-order valence-corrected chi connectivity index (χ1v) is 5.67. The van der Waals surface area contributed by atoms with Crippen molar-refractivity contribution >= 4 is 0 Å². The van der Waals surface area contributed by atoms with Crippen molar-refractivity contribution < 1.29 is 9.13 Å². The van der Waals surface area contributed by atoms with Crippen LogP contribution in [0.15, 0.2) is 24.3 Å². The molecule has 1 aliphatic carbocycles. The monoisotopic (exact) mass is 223 g/mol. The van der Waals surface area contributed by atoms with Crippen LogP contribution in [0.4, 0.5) is 4.39 Å². The van der Waals surface area contributed by atoms with Gasteiger partial charge in [0.15, 0.2) is 0 Å². The topological polar surface area (TPSA) is 35.2 Å². The molecule has 0 bridgehead atoms. The Morgan fingerprint density at radius 3 is 2.75 bits per heavy atom. The molecule has 0 aliphatic heterocycles. The molecular weight excluding hydrogens is 205 g/mol. The maximum atomic E-state index is 13.0. The van der Waals surface area contributed by atoms with Crippen LogP contribution in [-0.2, 0) is 0 Å². The summed E-state index contributed by atoms with van der Waals surface area (Å²) in [7, 11) is 0. The second kappa shape index (κ2) is 4.06. The van der Waals surface area contributed by atoms with Gasteiger partial charge in [0.05, 0.1) is 0 Å². The van der Waals surface area contributed by atoms with Crippen LogP contribution < -0.4 is 10.5 Å². The van der Waals surface area contributed by atoms with Crippen LogP contribution in [0, 0.1) is 11.2 Å². The van der Waals surface area contributed by atoms with Gasteiger partial charge in [-0.15, -0.1) is 0 Å². The highest BCUT2D eigenvalue weighted by Gasteiger charge is 2.40. The molecule has 2 atom stereocenters. The largest absolute Gasteiger partial charge is 0.489 e. The van der Waals surface area contributed by atoms with Crippen LogP contribution in [0.1, 0.15) is 26.7 Å². The Labute approximate surface area is 95.6 Å². The van der Waals surface area contributed by atoms with Gasteiger partial charge in [0.2, 0.25) is 0 Å². The first kappa shape index (κ1) is 11.4. The predicted octanol–water partition coefficient (Wildman–Crippen LogP) is 2.72. The first-order chi connectivity index (χ1) is 7.49. The number of benzene rings is 1. The summed E-state index contributed by atoms with van der Waals surface area (Å²) >= 11 is 0. The maximum absolute atomic E-state index is 13.0. The van der Waals surface area contributed by atoms with Crippen LogP contribution in [0.2, 0.25) is 0 Å². The van der Waals surface area contributed by atoms with E-state index in [-0.39, 0.29) is 23.4 Å². The highest BCUT2D eigenvalue weighted by atomic mass is 19.1. The molecule has 0 heterocycles. The van der Waals surface area contributed by atoms with Crippen LogP contribution in [0.25, 0.3) is 0 Å². The number of halogens is 1. The fraction of sp³-hybridized carbons (Fsp3) is 0.538. The summed E-state index contributed by atoms with van der Waals surface area (Å²) in [5.41, 5.74) is 6.23. The van der Waals surface area contributed by atoms with Crippen molar-refractivity contribution in [2.75, 3.05) is 0 Å². The molecule has 88 valence electrons. The van der Waals surface area contributed by atoms with Gasteiger partial charge >= 0.3 is 0 Å². The number of hydrogen-bond acceptors (Lipinski definition) is 2. The molecular formula is C13H18FNO. The van der Waals surface area contributed by atoms with Crippen molar-refractivity contribution in [3.05, 3.63) is 30.1 Å². The third kappa shape index (κ3) is 2.19. The van der Waals surface area contributed by atoms with Gasteiger partial charge in [-0.25, -0.2) is 4.39 Å². The molecule has 2 nitrogen and oxygen atoms in total. The molecule has 2 rings (SSSR count). The molecule has 0 spiro atoms. The van der Waals surface area contributed by atoms with Crippen molar-refractivity contribution in [2.24, 2.45) is 11.1 Å². The first-order valence-electron chi connectivity index (χ1n) is 5.67. The van der Waals surface area contributed by atoms with E-state index in [1.807, 2.05) is 0 Å². The Bertz CT molecular complexity index is 378. The third-order valence-electron chi connectivity index (χ3n) is 3.46. The second-order valence-electron chi connectivity index (χ2n) is 5.17. The summed E-state index contributed by atoms with van der Waals surface area (Å²) in [5.74, 6) is 0.293. The predicted molar refractivity (Wildman–Crippen MR) is 61.8 cm³/mol. The van der Waals surface area contributed by atoms with Crippen molar-refractivity contribution in [2.45, 2.75) is 38.8 Å². The van der Waals surface area contributed by atoms with E-state index < -0.39 is 0 Å². The third-order valence-corrected chi connectivity index (χ3v) is 3.46. The van der Waals surface area contributed by atoms with E-state index in [1.165, 1.54) is 12.1 Å². The molecule has 3 heteroatoms. The van der Waals surface area contributed by atoms with E-state index in [2.05, 4.69) is 13.8 Å². The molecule has 0 radical (unpaired) electrons. The molecule has 1 aromatic carbocycles. The summed E-state index contributed by atoms with van der Waals surface area (Å²) < 4.78 is 18.7. The molecule has 1 aliphatic rings. The Morgan fingerprint density at radius 2 is 2.19 bits per heavy atom. The zero-order chi connectivity index (χ0) is 11.8. The van der Waals surface area contributed by atoms with Crippen LogP contribution in [0.5, 0.6) is 5.75 Å². The van der Waals surface area contributed by atoms with Gasteiger partial charge in [0, 0.05) is 12.1 Å². The van der Waals surface area contributed by atoms with Crippen molar-refractivity contribution in [1.29, 1.82) is 0 Å². The molecule has 0 aromatic heterocycles. The minimum absolute atomic E-state index is 0.00296. The Balaban J connectivity index is 2.06. The van der Waals surface area contributed by atoms with Crippen molar-refractivity contribution in [3.8, 4) is 5.75 Å². The van der Waals surface area contributed by atoms with Gasteiger partial charge in [0.1, 0.15) is 17.7 Å². The summed E-state index contributed by atoms with van der Waals surface area (Å²) in [6, 6.07) is 6.23. The van der Waals surface area contributed by atoms with Gasteiger partial charge in [-0.05, 0) is 30.4 Å². The van der Waals surface area contributed by atoms with Crippen LogP contribution >= 0.6 is 0 Å². The number of hydrogen-bond donors (Lipinski definition) is 1. The molecule has 2 unspecified atom stereocenters. The molecule has 1 aromatic rings. The van der Waals surface area contributed by atoms with E-state index in [0.717, 1.165) is 12.8 Å². The van der Waals surface area contributed by atoms with E-state index in [1.54, 1.807) is 12.1 Å².